The Labute approximate surface area is 188 Å². The highest BCUT2D eigenvalue weighted by Gasteiger charge is 2.28. The van der Waals surface area contributed by atoms with Crippen molar-refractivity contribution in [2.75, 3.05) is 0 Å². The molecular formula is C24H28Cl2N2O2. The Balaban J connectivity index is 1.73. The normalized spacial score (nSPS) is 15.0. The first kappa shape index (κ1) is 22.6. The highest BCUT2D eigenvalue weighted by atomic mass is 35.5. The quantitative estimate of drug-likeness (QED) is 0.589. The summed E-state index contributed by atoms with van der Waals surface area (Å²) in [5.41, 5.74) is 1.87. The van der Waals surface area contributed by atoms with Crippen LogP contribution >= 0.6 is 23.2 Å². The summed E-state index contributed by atoms with van der Waals surface area (Å²) in [4.78, 5) is 27.7. The van der Waals surface area contributed by atoms with Crippen LogP contribution in [0.5, 0.6) is 0 Å². The van der Waals surface area contributed by atoms with Gasteiger partial charge in [-0.05, 0) is 49.4 Å². The van der Waals surface area contributed by atoms with Gasteiger partial charge in [-0.25, -0.2) is 0 Å². The summed E-state index contributed by atoms with van der Waals surface area (Å²) in [5.74, 6) is -0.181. The van der Waals surface area contributed by atoms with Crippen LogP contribution < -0.4 is 5.32 Å². The molecule has 0 spiro atoms. The van der Waals surface area contributed by atoms with Crippen LogP contribution in [0.25, 0.3) is 0 Å². The fourth-order valence-corrected chi connectivity index (χ4v) is 4.32. The molecule has 6 heteroatoms. The molecule has 1 atom stereocenters. The van der Waals surface area contributed by atoms with E-state index in [9.17, 15) is 9.59 Å². The predicted molar refractivity (Wildman–Crippen MR) is 122 cm³/mol. The summed E-state index contributed by atoms with van der Waals surface area (Å²) < 4.78 is 0. The van der Waals surface area contributed by atoms with E-state index in [4.69, 9.17) is 23.2 Å². The number of carbonyl (C=O) groups excluding carboxylic acids is 2. The Morgan fingerprint density at radius 2 is 1.80 bits per heavy atom. The maximum atomic E-state index is 13.2. The summed E-state index contributed by atoms with van der Waals surface area (Å²) in [6.45, 7) is 2.05. The Bertz CT molecular complexity index is 867. The molecule has 30 heavy (non-hydrogen) atoms. The summed E-state index contributed by atoms with van der Waals surface area (Å²) in [7, 11) is 0. The smallest absolute Gasteiger partial charge is 0.242 e. The number of amides is 2. The average molecular weight is 447 g/mol. The molecule has 160 valence electrons. The molecule has 0 bridgehead atoms. The van der Waals surface area contributed by atoms with Crippen LogP contribution in [0.15, 0.2) is 48.5 Å². The van der Waals surface area contributed by atoms with Gasteiger partial charge in [0, 0.05) is 29.1 Å². The van der Waals surface area contributed by atoms with Crippen molar-refractivity contribution >= 4 is 35.0 Å². The van der Waals surface area contributed by atoms with Crippen LogP contribution in [0, 0.1) is 0 Å². The molecule has 0 heterocycles. The van der Waals surface area contributed by atoms with Gasteiger partial charge in [-0.15, -0.1) is 0 Å². The third-order valence-corrected chi connectivity index (χ3v) is 6.28. The molecule has 1 N–H and O–H groups in total. The third-order valence-electron chi connectivity index (χ3n) is 5.70. The van der Waals surface area contributed by atoms with Crippen LogP contribution in [0.1, 0.15) is 50.2 Å². The molecule has 2 aromatic rings. The van der Waals surface area contributed by atoms with E-state index in [0.717, 1.165) is 36.8 Å². The van der Waals surface area contributed by atoms with Gasteiger partial charge in [-0.3, -0.25) is 9.59 Å². The molecule has 1 aliphatic rings. The molecule has 2 aromatic carbocycles. The summed E-state index contributed by atoms with van der Waals surface area (Å²) in [6.07, 6.45) is 5.24. The van der Waals surface area contributed by atoms with E-state index in [0.29, 0.717) is 22.9 Å². The van der Waals surface area contributed by atoms with Gasteiger partial charge in [0.05, 0.1) is 0 Å². The molecule has 2 amide bonds. The highest BCUT2D eigenvalue weighted by Crippen LogP contribution is 2.24. The number of halogens is 2. The first-order chi connectivity index (χ1) is 14.4. The second-order valence-electron chi connectivity index (χ2n) is 7.91. The molecule has 0 aromatic heterocycles. The maximum Gasteiger partial charge on any atom is 0.242 e. The number of hydrogen-bond acceptors (Lipinski definition) is 2. The van der Waals surface area contributed by atoms with Crippen molar-refractivity contribution < 1.29 is 9.59 Å². The van der Waals surface area contributed by atoms with Gasteiger partial charge < -0.3 is 10.2 Å². The van der Waals surface area contributed by atoms with Crippen molar-refractivity contribution in [3.05, 3.63) is 69.7 Å². The number of aryl methyl sites for hydroxylation is 1. The van der Waals surface area contributed by atoms with Crippen molar-refractivity contribution in [1.82, 2.24) is 10.2 Å². The summed E-state index contributed by atoms with van der Waals surface area (Å²) >= 11 is 12.4. The second kappa shape index (κ2) is 10.8. The van der Waals surface area contributed by atoms with E-state index in [1.807, 2.05) is 36.4 Å². The number of rotatable bonds is 8. The monoisotopic (exact) mass is 446 g/mol. The predicted octanol–water partition coefficient (Wildman–Crippen LogP) is 5.40. The van der Waals surface area contributed by atoms with Gasteiger partial charge in [0.2, 0.25) is 11.8 Å². The lowest BCUT2D eigenvalue weighted by molar-refractivity contribution is -0.140. The minimum atomic E-state index is -0.583. The zero-order valence-electron chi connectivity index (χ0n) is 17.2. The van der Waals surface area contributed by atoms with Crippen molar-refractivity contribution in [1.29, 1.82) is 0 Å². The zero-order chi connectivity index (χ0) is 21.5. The molecule has 1 aliphatic carbocycles. The van der Waals surface area contributed by atoms with E-state index >= 15 is 0 Å². The first-order valence-corrected chi connectivity index (χ1v) is 11.3. The lowest BCUT2D eigenvalue weighted by Crippen LogP contribution is -2.49. The van der Waals surface area contributed by atoms with Gasteiger partial charge in [0.15, 0.2) is 0 Å². The van der Waals surface area contributed by atoms with Gasteiger partial charge in [0.1, 0.15) is 6.04 Å². The Morgan fingerprint density at radius 3 is 2.47 bits per heavy atom. The molecule has 4 nitrogen and oxygen atoms in total. The van der Waals surface area contributed by atoms with Crippen LogP contribution in [0.4, 0.5) is 0 Å². The summed E-state index contributed by atoms with van der Waals surface area (Å²) in [6, 6.07) is 14.7. The topological polar surface area (TPSA) is 49.4 Å². The number of benzene rings is 2. The van der Waals surface area contributed by atoms with Crippen LogP contribution in [-0.2, 0) is 22.6 Å². The van der Waals surface area contributed by atoms with Gasteiger partial charge >= 0.3 is 0 Å². The standard InChI is InChI=1S/C24H28Cl2N2O2/c1-17(24(30)27-21-9-5-6-10-21)28(16-19-12-13-20(25)15-22(19)26)23(29)14-11-18-7-3-2-4-8-18/h2-4,7-8,12-13,15,17,21H,5-6,9-11,14,16H2,1H3,(H,27,30). The van der Waals surface area contributed by atoms with E-state index in [-0.39, 0.29) is 24.4 Å². The van der Waals surface area contributed by atoms with Crippen molar-refractivity contribution in [2.45, 2.75) is 64.1 Å². The lowest BCUT2D eigenvalue weighted by Gasteiger charge is -2.30. The van der Waals surface area contributed by atoms with Gasteiger partial charge in [0.25, 0.3) is 0 Å². The molecule has 1 saturated carbocycles. The van der Waals surface area contributed by atoms with Gasteiger partial charge in [-0.1, -0.05) is 72.4 Å². The van der Waals surface area contributed by atoms with E-state index < -0.39 is 6.04 Å². The number of nitrogens with zero attached hydrogens (tertiary/aromatic N) is 1. The molecule has 0 saturated heterocycles. The van der Waals surface area contributed by atoms with E-state index in [2.05, 4.69) is 5.32 Å². The van der Waals surface area contributed by atoms with E-state index in [1.165, 1.54) is 0 Å². The van der Waals surface area contributed by atoms with Crippen LogP contribution in [0.2, 0.25) is 10.0 Å². The number of carbonyl (C=O) groups is 2. The molecule has 0 radical (unpaired) electrons. The fourth-order valence-electron chi connectivity index (χ4n) is 3.85. The molecule has 1 fully saturated rings. The number of nitrogens with one attached hydrogen (secondary N) is 1. The largest absolute Gasteiger partial charge is 0.352 e. The van der Waals surface area contributed by atoms with Crippen LogP contribution in [-0.4, -0.2) is 28.8 Å². The van der Waals surface area contributed by atoms with Crippen molar-refractivity contribution in [2.24, 2.45) is 0 Å². The van der Waals surface area contributed by atoms with Crippen molar-refractivity contribution in [3.63, 3.8) is 0 Å². The average Bonchev–Trinajstić information content (AvgIpc) is 3.25. The Morgan fingerprint density at radius 1 is 1.10 bits per heavy atom. The minimum absolute atomic E-state index is 0.0704. The molecular weight excluding hydrogens is 419 g/mol. The lowest BCUT2D eigenvalue weighted by atomic mass is 10.1. The molecule has 0 aliphatic heterocycles. The number of hydrogen-bond donors (Lipinski definition) is 1. The van der Waals surface area contributed by atoms with E-state index in [1.54, 1.807) is 24.0 Å². The Hall–Kier alpha value is -2.04. The second-order valence-corrected chi connectivity index (χ2v) is 8.75. The first-order valence-electron chi connectivity index (χ1n) is 10.5. The SMILES string of the molecule is CC(C(=O)NC1CCCC1)N(Cc1ccc(Cl)cc1Cl)C(=O)CCc1ccccc1. The van der Waals surface area contributed by atoms with Gasteiger partial charge in [-0.2, -0.15) is 0 Å². The molecule has 1 unspecified atom stereocenters. The fraction of sp³-hybridized carbons (Fsp3) is 0.417. The zero-order valence-corrected chi connectivity index (χ0v) is 18.8. The minimum Gasteiger partial charge on any atom is -0.352 e. The Kier molecular flexibility index (Phi) is 8.17. The summed E-state index contributed by atoms with van der Waals surface area (Å²) in [5, 5.41) is 4.14. The molecule has 3 rings (SSSR count). The third kappa shape index (κ3) is 6.23. The van der Waals surface area contributed by atoms with Crippen molar-refractivity contribution in [3.8, 4) is 0 Å². The van der Waals surface area contributed by atoms with Crippen LogP contribution in [0.3, 0.4) is 0 Å². The maximum absolute atomic E-state index is 13.2. The highest BCUT2D eigenvalue weighted by molar-refractivity contribution is 6.35.